The molecule has 1 aromatic heterocycles. The van der Waals surface area contributed by atoms with Crippen molar-refractivity contribution in [2.24, 2.45) is 5.73 Å². The van der Waals surface area contributed by atoms with Gasteiger partial charge < -0.3 is 11.1 Å². The molecular formula is C17H22N4O3. The molecular weight excluding hydrogens is 308 g/mol. The monoisotopic (exact) mass is 330 g/mol. The van der Waals surface area contributed by atoms with Crippen molar-refractivity contribution in [3.8, 4) is 0 Å². The first-order chi connectivity index (χ1) is 11.5. The number of benzene rings is 1. The lowest BCUT2D eigenvalue weighted by atomic mass is 9.97. The van der Waals surface area contributed by atoms with Crippen LogP contribution >= 0.6 is 0 Å². The van der Waals surface area contributed by atoms with E-state index < -0.39 is 0 Å². The Bertz CT molecular complexity index is 862. The summed E-state index contributed by atoms with van der Waals surface area (Å²) in [5, 5.41) is 6.26. The number of carbonyl (C=O) groups excluding carboxylic acids is 1. The van der Waals surface area contributed by atoms with E-state index in [-0.39, 0.29) is 35.5 Å². The van der Waals surface area contributed by atoms with E-state index in [4.69, 9.17) is 5.73 Å². The summed E-state index contributed by atoms with van der Waals surface area (Å²) < 4.78 is 1.20. The summed E-state index contributed by atoms with van der Waals surface area (Å²) in [6.07, 6.45) is 4.03. The number of aromatic amines is 1. The fraction of sp³-hybridized carbons (Fsp3) is 0.471. The van der Waals surface area contributed by atoms with Crippen molar-refractivity contribution in [3.05, 3.63) is 45.0 Å². The Morgan fingerprint density at radius 3 is 2.54 bits per heavy atom. The minimum atomic E-state index is -0.333. The molecule has 1 aliphatic carbocycles. The number of aryl methyl sites for hydroxylation is 1. The van der Waals surface area contributed by atoms with E-state index in [2.05, 4.69) is 10.4 Å². The predicted octanol–water partition coefficient (Wildman–Crippen LogP) is 0.468. The van der Waals surface area contributed by atoms with E-state index in [9.17, 15) is 14.4 Å². The minimum absolute atomic E-state index is 0.121. The lowest BCUT2D eigenvalue weighted by Gasteiger charge is -2.28. The second-order valence-corrected chi connectivity index (χ2v) is 6.43. The molecule has 1 aromatic carbocycles. The average molecular weight is 330 g/mol. The van der Waals surface area contributed by atoms with Gasteiger partial charge in [0.05, 0.1) is 22.9 Å². The van der Waals surface area contributed by atoms with Gasteiger partial charge in [-0.15, -0.1) is 0 Å². The zero-order valence-electron chi connectivity index (χ0n) is 13.5. The molecule has 0 saturated heterocycles. The van der Waals surface area contributed by atoms with Crippen molar-refractivity contribution in [1.29, 1.82) is 0 Å². The molecule has 3 rings (SSSR count). The average Bonchev–Trinajstić information content (AvgIpc) is 3.06. The number of aromatic nitrogens is 2. The van der Waals surface area contributed by atoms with Crippen LogP contribution in [0, 0.1) is 0 Å². The Hall–Kier alpha value is -2.41. The first-order valence-corrected chi connectivity index (χ1v) is 8.28. The highest BCUT2D eigenvalue weighted by Crippen LogP contribution is 2.28. The summed E-state index contributed by atoms with van der Waals surface area (Å²) in [5.41, 5.74) is 4.87. The van der Waals surface area contributed by atoms with Gasteiger partial charge in [-0.2, -0.15) is 0 Å². The molecule has 2 aromatic rings. The van der Waals surface area contributed by atoms with Crippen molar-refractivity contribution in [2.45, 2.75) is 44.2 Å². The molecule has 1 amide bonds. The second-order valence-electron chi connectivity index (χ2n) is 6.43. The predicted molar refractivity (Wildman–Crippen MR) is 91.8 cm³/mol. The van der Waals surface area contributed by atoms with Gasteiger partial charge in [-0.25, -0.2) is 4.68 Å². The lowest BCUT2D eigenvalue weighted by Crippen LogP contribution is -2.51. The number of amides is 1. The summed E-state index contributed by atoms with van der Waals surface area (Å²) in [7, 11) is 0. The van der Waals surface area contributed by atoms with Gasteiger partial charge in [0, 0.05) is 13.0 Å². The Morgan fingerprint density at radius 1 is 1.21 bits per heavy atom. The van der Waals surface area contributed by atoms with Crippen molar-refractivity contribution < 1.29 is 4.79 Å². The van der Waals surface area contributed by atoms with Gasteiger partial charge in [0.25, 0.3) is 11.1 Å². The maximum Gasteiger partial charge on any atom is 0.273 e. The van der Waals surface area contributed by atoms with Crippen LogP contribution in [-0.4, -0.2) is 27.8 Å². The molecule has 128 valence electrons. The van der Waals surface area contributed by atoms with E-state index in [0.29, 0.717) is 17.3 Å². The van der Waals surface area contributed by atoms with Gasteiger partial charge in [0.2, 0.25) is 5.91 Å². The molecule has 7 heteroatoms. The highest BCUT2D eigenvalue weighted by Gasteiger charge is 2.33. The fourth-order valence-electron chi connectivity index (χ4n) is 3.41. The van der Waals surface area contributed by atoms with Crippen LogP contribution in [0.25, 0.3) is 10.8 Å². The summed E-state index contributed by atoms with van der Waals surface area (Å²) in [6.45, 7) is 0.552. The van der Waals surface area contributed by atoms with Crippen molar-refractivity contribution in [1.82, 2.24) is 15.1 Å². The van der Waals surface area contributed by atoms with Gasteiger partial charge in [-0.1, -0.05) is 25.0 Å². The number of nitrogens with zero attached hydrogens (tertiary/aromatic N) is 1. The Morgan fingerprint density at radius 2 is 1.88 bits per heavy atom. The molecule has 0 atom stereocenters. The van der Waals surface area contributed by atoms with E-state index >= 15 is 0 Å². The maximum atomic E-state index is 12.4. The number of carbonyl (C=O) groups is 1. The van der Waals surface area contributed by atoms with Crippen molar-refractivity contribution in [2.75, 3.05) is 6.54 Å². The SMILES string of the molecule is NCC1(NC(=O)CCn2[nH]c(=O)c3ccccc3c2=O)CCCC1. The van der Waals surface area contributed by atoms with Crippen molar-refractivity contribution >= 4 is 16.7 Å². The van der Waals surface area contributed by atoms with Crippen LogP contribution < -0.4 is 22.2 Å². The quantitative estimate of drug-likeness (QED) is 0.740. The van der Waals surface area contributed by atoms with Crippen LogP contribution in [0.2, 0.25) is 0 Å². The van der Waals surface area contributed by atoms with Gasteiger partial charge in [0.15, 0.2) is 0 Å². The van der Waals surface area contributed by atoms with Gasteiger partial charge in [0.1, 0.15) is 0 Å². The third kappa shape index (κ3) is 3.12. The number of nitrogens with two attached hydrogens (primary N) is 1. The second kappa shape index (κ2) is 6.60. The number of hydrogen-bond acceptors (Lipinski definition) is 4. The van der Waals surface area contributed by atoms with Crippen molar-refractivity contribution in [3.63, 3.8) is 0 Å². The molecule has 0 spiro atoms. The lowest BCUT2D eigenvalue weighted by molar-refractivity contribution is -0.123. The molecule has 1 fully saturated rings. The molecule has 7 nitrogen and oxygen atoms in total. The number of nitrogens with one attached hydrogen (secondary N) is 2. The first-order valence-electron chi connectivity index (χ1n) is 8.28. The largest absolute Gasteiger partial charge is 0.349 e. The van der Waals surface area contributed by atoms with Crippen LogP contribution in [0.5, 0.6) is 0 Å². The van der Waals surface area contributed by atoms with E-state index in [1.807, 2.05) is 0 Å². The standard InChI is InChI=1S/C17H22N4O3/c18-11-17(8-3-4-9-17)19-14(22)7-10-21-16(24)13-6-2-1-5-12(13)15(23)20-21/h1-2,5-6H,3-4,7-11,18H2,(H,19,22)(H,20,23). The molecule has 0 radical (unpaired) electrons. The van der Waals surface area contributed by atoms with Crippen LogP contribution in [0.1, 0.15) is 32.1 Å². The number of H-pyrrole nitrogens is 1. The minimum Gasteiger partial charge on any atom is -0.349 e. The molecule has 1 aliphatic rings. The highest BCUT2D eigenvalue weighted by molar-refractivity contribution is 5.80. The van der Waals surface area contributed by atoms with Gasteiger partial charge in [-0.3, -0.25) is 19.5 Å². The molecule has 24 heavy (non-hydrogen) atoms. The Balaban J connectivity index is 1.74. The molecule has 0 bridgehead atoms. The highest BCUT2D eigenvalue weighted by atomic mass is 16.2. The normalized spacial score (nSPS) is 16.4. The zero-order valence-corrected chi connectivity index (χ0v) is 13.5. The molecule has 1 saturated carbocycles. The van der Waals surface area contributed by atoms with Crippen LogP contribution in [0.4, 0.5) is 0 Å². The molecule has 4 N–H and O–H groups in total. The summed E-state index contributed by atoms with van der Waals surface area (Å²) in [5.74, 6) is -0.150. The number of rotatable bonds is 5. The third-order valence-electron chi connectivity index (χ3n) is 4.80. The van der Waals surface area contributed by atoms with E-state index in [0.717, 1.165) is 25.7 Å². The Kier molecular flexibility index (Phi) is 4.53. The number of fused-ring (bicyclic) bond motifs is 1. The number of hydrogen-bond donors (Lipinski definition) is 3. The summed E-state index contributed by atoms with van der Waals surface area (Å²) >= 11 is 0. The summed E-state index contributed by atoms with van der Waals surface area (Å²) in [6, 6.07) is 6.65. The van der Waals surface area contributed by atoms with E-state index in [1.165, 1.54) is 4.68 Å². The van der Waals surface area contributed by atoms with Gasteiger partial charge in [-0.05, 0) is 25.0 Å². The van der Waals surface area contributed by atoms with Crippen LogP contribution in [0.15, 0.2) is 33.9 Å². The zero-order chi connectivity index (χ0) is 17.2. The molecule has 0 unspecified atom stereocenters. The first kappa shape index (κ1) is 16.4. The summed E-state index contributed by atoms with van der Waals surface area (Å²) in [4.78, 5) is 36.7. The fourth-order valence-corrected chi connectivity index (χ4v) is 3.41. The Labute approximate surface area is 138 Å². The molecule has 1 heterocycles. The maximum absolute atomic E-state index is 12.4. The molecule has 0 aliphatic heterocycles. The van der Waals surface area contributed by atoms with Gasteiger partial charge >= 0.3 is 0 Å². The third-order valence-corrected chi connectivity index (χ3v) is 4.80. The van der Waals surface area contributed by atoms with Crippen LogP contribution in [0.3, 0.4) is 0 Å². The topological polar surface area (TPSA) is 110 Å². The van der Waals surface area contributed by atoms with Crippen LogP contribution in [-0.2, 0) is 11.3 Å². The smallest absolute Gasteiger partial charge is 0.273 e. The van der Waals surface area contributed by atoms with E-state index in [1.54, 1.807) is 24.3 Å².